The predicted molar refractivity (Wildman–Crippen MR) is 109 cm³/mol. The number of nitrogens with one attached hydrogen (secondary N) is 2. The first kappa shape index (κ1) is 19.6. The van der Waals surface area contributed by atoms with Gasteiger partial charge in [0.15, 0.2) is 0 Å². The maximum Gasteiger partial charge on any atom is 0.227 e. The molecule has 6 heteroatoms. The van der Waals surface area contributed by atoms with Gasteiger partial charge in [0.25, 0.3) is 0 Å². The molecule has 1 heterocycles. The van der Waals surface area contributed by atoms with Crippen molar-refractivity contribution in [1.29, 1.82) is 5.26 Å². The molecule has 2 N–H and O–H groups in total. The molecule has 144 valence electrons. The Balaban J connectivity index is 1.40. The molecule has 0 radical (unpaired) electrons. The average Bonchev–Trinajstić information content (AvgIpc) is 2.74. The molecule has 0 atom stereocenters. The van der Waals surface area contributed by atoms with Gasteiger partial charge in [0.1, 0.15) is 6.07 Å². The number of carbonyl (C=O) groups is 2. The minimum atomic E-state index is -0.105. The van der Waals surface area contributed by atoms with Crippen molar-refractivity contribution in [2.24, 2.45) is 5.92 Å². The summed E-state index contributed by atoms with van der Waals surface area (Å²) in [5, 5.41) is 14.9. The van der Waals surface area contributed by atoms with Crippen molar-refractivity contribution in [2.45, 2.75) is 19.3 Å². The lowest BCUT2D eigenvalue weighted by atomic mass is 9.95. The summed E-state index contributed by atoms with van der Waals surface area (Å²) in [5.41, 5.74) is 1.83. The fraction of sp³-hybridized carbons (Fsp3) is 0.318. The standard InChI is InChI=1S/C22H24N4O2/c23-16-18-6-4-5-9-20(18)25-21(27)12-15-26-13-10-17(11-14-26)22(28)24-19-7-2-1-3-8-19/h1-9,17H,10-15H2,(H,24,28)(H,25,27). The fourth-order valence-electron chi connectivity index (χ4n) is 3.35. The van der Waals surface area contributed by atoms with Crippen molar-refractivity contribution in [3.63, 3.8) is 0 Å². The molecule has 1 aliphatic heterocycles. The van der Waals surface area contributed by atoms with Gasteiger partial charge in [-0.3, -0.25) is 9.59 Å². The summed E-state index contributed by atoms with van der Waals surface area (Å²) in [6.07, 6.45) is 1.94. The van der Waals surface area contributed by atoms with Gasteiger partial charge in [-0.1, -0.05) is 30.3 Å². The lowest BCUT2D eigenvalue weighted by molar-refractivity contribution is -0.121. The first-order chi connectivity index (χ1) is 13.7. The highest BCUT2D eigenvalue weighted by Crippen LogP contribution is 2.20. The lowest BCUT2D eigenvalue weighted by Crippen LogP contribution is -2.39. The lowest BCUT2D eigenvalue weighted by Gasteiger charge is -2.31. The summed E-state index contributed by atoms with van der Waals surface area (Å²) in [5.74, 6) is -0.0314. The van der Waals surface area contributed by atoms with E-state index in [2.05, 4.69) is 21.6 Å². The predicted octanol–water partition coefficient (Wildman–Crippen LogP) is 3.24. The Morgan fingerprint density at radius 3 is 2.39 bits per heavy atom. The van der Waals surface area contributed by atoms with Crippen LogP contribution in [0.5, 0.6) is 0 Å². The monoisotopic (exact) mass is 376 g/mol. The molecule has 2 amide bonds. The molecule has 3 rings (SSSR count). The second kappa shape index (κ2) is 9.67. The van der Waals surface area contributed by atoms with Gasteiger partial charge in [-0.15, -0.1) is 0 Å². The van der Waals surface area contributed by atoms with Gasteiger partial charge in [0.05, 0.1) is 11.3 Å². The normalized spacial score (nSPS) is 14.8. The van der Waals surface area contributed by atoms with E-state index >= 15 is 0 Å². The van der Waals surface area contributed by atoms with Crippen LogP contribution >= 0.6 is 0 Å². The maximum absolute atomic E-state index is 12.4. The van der Waals surface area contributed by atoms with Gasteiger partial charge in [-0.2, -0.15) is 5.26 Å². The van der Waals surface area contributed by atoms with E-state index in [1.807, 2.05) is 30.3 Å². The second-order valence-corrected chi connectivity index (χ2v) is 6.93. The Kier molecular flexibility index (Phi) is 6.77. The van der Waals surface area contributed by atoms with E-state index in [0.717, 1.165) is 31.6 Å². The average molecular weight is 376 g/mol. The van der Waals surface area contributed by atoms with Crippen LogP contribution in [0.25, 0.3) is 0 Å². The van der Waals surface area contributed by atoms with Crippen molar-refractivity contribution < 1.29 is 9.59 Å². The highest BCUT2D eigenvalue weighted by Gasteiger charge is 2.25. The second-order valence-electron chi connectivity index (χ2n) is 6.93. The summed E-state index contributed by atoms with van der Waals surface area (Å²) in [7, 11) is 0. The summed E-state index contributed by atoms with van der Waals surface area (Å²) in [6.45, 7) is 2.25. The number of piperidine rings is 1. The number of nitrogens with zero attached hydrogens (tertiary/aromatic N) is 2. The minimum absolute atomic E-state index is 0.00721. The molecule has 0 unspecified atom stereocenters. The zero-order valence-electron chi connectivity index (χ0n) is 15.7. The molecular weight excluding hydrogens is 352 g/mol. The van der Waals surface area contributed by atoms with Crippen LogP contribution in [0, 0.1) is 17.2 Å². The third-order valence-electron chi connectivity index (χ3n) is 4.98. The third-order valence-corrected chi connectivity index (χ3v) is 4.98. The Labute approximate surface area is 165 Å². The van der Waals surface area contributed by atoms with Crippen LogP contribution < -0.4 is 10.6 Å². The number of amides is 2. The van der Waals surface area contributed by atoms with Crippen LogP contribution in [0.1, 0.15) is 24.8 Å². The fourth-order valence-corrected chi connectivity index (χ4v) is 3.35. The van der Waals surface area contributed by atoms with Gasteiger partial charge in [0.2, 0.25) is 11.8 Å². The zero-order chi connectivity index (χ0) is 19.8. The van der Waals surface area contributed by atoms with E-state index in [1.54, 1.807) is 24.3 Å². The number of benzene rings is 2. The van der Waals surface area contributed by atoms with Crippen LogP contribution in [0.3, 0.4) is 0 Å². The van der Waals surface area contributed by atoms with Gasteiger partial charge in [0, 0.05) is 24.6 Å². The number of anilines is 2. The molecule has 0 bridgehead atoms. The van der Waals surface area contributed by atoms with Crippen molar-refractivity contribution in [1.82, 2.24) is 4.90 Å². The molecule has 0 spiro atoms. The van der Waals surface area contributed by atoms with Gasteiger partial charge >= 0.3 is 0 Å². The van der Waals surface area contributed by atoms with E-state index in [4.69, 9.17) is 5.26 Å². The van der Waals surface area contributed by atoms with Gasteiger partial charge in [-0.25, -0.2) is 0 Å². The Hall–Kier alpha value is -3.17. The molecule has 0 saturated carbocycles. The molecule has 1 saturated heterocycles. The van der Waals surface area contributed by atoms with Gasteiger partial charge in [-0.05, 0) is 50.2 Å². The van der Waals surface area contributed by atoms with Crippen molar-refractivity contribution in [3.8, 4) is 6.07 Å². The molecule has 1 aliphatic rings. The largest absolute Gasteiger partial charge is 0.326 e. The van der Waals surface area contributed by atoms with E-state index in [0.29, 0.717) is 24.2 Å². The molecule has 28 heavy (non-hydrogen) atoms. The van der Waals surface area contributed by atoms with Crippen molar-refractivity contribution >= 4 is 23.2 Å². The Morgan fingerprint density at radius 2 is 1.68 bits per heavy atom. The number of rotatable bonds is 6. The van der Waals surface area contributed by atoms with Crippen LogP contribution in [0.4, 0.5) is 11.4 Å². The number of para-hydroxylation sites is 2. The first-order valence-corrected chi connectivity index (χ1v) is 9.53. The van der Waals surface area contributed by atoms with Crippen LogP contribution in [-0.4, -0.2) is 36.3 Å². The van der Waals surface area contributed by atoms with Crippen LogP contribution in [0.15, 0.2) is 54.6 Å². The van der Waals surface area contributed by atoms with Crippen LogP contribution in [-0.2, 0) is 9.59 Å². The van der Waals surface area contributed by atoms with E-state index in [9.17, 15) is 9.59 Å². The molecule has 6 nitrogen and oxygen atoms in total. The molecule has 2 aromatic rings. The smallest absolute Gasteiger partial charge is 0.227 e. The molecule has 0 aromatic heterocycles. The number of likely N-dealkylation sites (tertiary alicyclic amines) is 1. The highest BCUT2D eigenvalue weighted by atomic mass is 16.2. The minimum Gasteiger partial charge on any atom is -0.326 e. The van der Waals surface area contributed by atoms with E-state index in [1.165, 1.54) is 0 Å². The zero-order valence-corrected chi connectivity index (χ0v) is 15.7. The highest BCUT2D eigenvalue weighted by molar-refractivity contribution is 5.93. The number of hydrogen-bond donors (Lipinski definition) is 2. The number of carbonyl (C=O) groups excluding carboxylic acids is 2. The van der Waals surface area contributed by atoms with E-state index < -0.39 is 0 Å². The topological polar surface area (TPSA) is 85.2 Å². The molecule has 2 aromatic carbocycles. The van der Waals surface area contributed by atoms with E-state index in [-0.39, 0.29) is 17.7 Å². The summed E-state index contributed by atoms with van der Waals surface area (Å²) < 4.78 is 0. The van der Waals surface area contributed by atoms with Crippen molar-refractivity contribution in [2.75, 3.05) is 30.3 Å². The quantitative estimate of drug-likeness (QED) is 0.810. The molecule has 1 fully saturated rings. The first-order valence-electron chi connectivity index (χ1n) is 9.53. The summed E-state index contributed by atoms with van der Waals surface area (Å²) in [6, 6.07) is 18.5. The van der Waals surface area contributed by atoms with Crippen molar-refractivity contribution in [3.05, 3.63) is 60.2 Å². The molecular formula is C22H24N4O2. The maximum atomic E-state index is 12.4. The summed E-state index contributed by atoms with van der Waals surface area (Å²) in [4.78, 5) is 26.8. The van der Waals surface area contributed by atoms with Gasteiger partial charge < -0.3 is 15.5 Å². The Bertz CT molecular complexity index is 852. The molecule has 0 aliphatic carbocycles. The number of nitriles is 1. The van der Waals surface area contributed by atoms with Crippen LogP contribution in [0.2, 0.25) is 0 Å². The Morgan fingerprint density at radius 1 is 1.00 bits per heavy atom. The third kappa shape index (κ3) is 5.41. The SMILES string of the molecule is N#Cc1ccccc1NC(=O)CCN1CCC(C(=O)Nc2ccccc2)CC1. The summed E-state index contributed by atoms with van der Waals surface area (Å²) >= 11 is 0. The number of hydrogen-bond acceptors (Lipinski definition) is 4.